The van der Waals surface area contributed by atoms with Gasteiger partial charge < -0.3 is 9.64 Å². The number of nitrogens with zero attached hydrogens (tertiary/aromatic N) is 3. The normalized spacial score (nSPS) is 20.9. The summed E-state index contributed by atoms with van der Waals surface area (Å²) in [6, 6.07) is 9.91. The lowest BCUT2D eigenvalue weighted by atomic mass is 10.1. The monoisotopic (exact) mass is 329 g/mol. The Hall–Kier alpha value is -2.21. The SMILES string of the molecule is CN1N=C(C(=O)N(Cc2ccccc2)C[C@H]2CCCO2)CCC1=O. The highest BCUT2D eigenvalue weighted by molar-refractivity contribution is 6.39. The van der Waals surface area contributed by atoms with E-state index >= 15 is 0 Å². The summed E-state index contributed by atoms with van der Waals surface area (Å²) in [5.41, 5.74) is 1.52. The Kier molecular flexibility index (Phi) is 5.25. The molecular formula is C18H23N3O3. The van der Waals surface area contributed by atoms with Crippen LogP contribution < -0.4 is 0 Å². The number of hydrazone groups is 1. The molecule has 2 aliphatic heterocycles. The van der Waals surface area contributed by atoms with Gasteiger partial charge in [0, 0.05) is 39.6 Å². The first kappa shape index (κ1) is 16.6. The number of hydrogen-bond acceptors (Lipinski definition) is 4. The number of amides is 2. The first-order valence-electron chi connectivity index (χ1n) is 8.42. The number of ether oxygens (including phenoxy) is 1. The standard InChI is InChI=1S/C18H23N3O3/c1-20-17(22)10-9-16(19-20)18(23)21(13-15-8-5-11-24-15)12-14-6-3-2-4-7-14/h2-4,6-7,15H,5,8-13H2,1H3/t15-/m1/s1. The summed E-state index contributed by atoms with van der Waals surface area (Å²) in [6.45, 7) is 1.84. The molecule has 0 spiro atoms. The smallest absolute Gasteiger partial charge is 0.270 e. The van der Waals surface area contributed by atoms with Gasteiger partial charge in [0.1, 0.15) is 5.71 Å². The number of hydrogen-bond donors (Lipinski definition) is 0. The molecule has 2 aliphatic rings. The van der Waals surface area contributed by atoms with Crippen LogP contribution in [-0.4, -0.2) is 53.7 Å². The maximum atomic E-state index is 12.9. The number of benzene rings is 1. The van der Waals surface area contributed by atoms with Crippen molar-refractivity contribution in [3.8, 4) is 0 Å². The molecule has 0 aliphatic carbocycles. The minimum Gasteiger partial charge on any atom is -0.376 e. The van der Waals surface area contributed by atoms with Crippen molar-refractivity contribution < 1.29 is 14.3 Å². The first-order chi connectivity index (χ1) is 11.6. The average Bonchev–Trinajstić information content (AvgIpc) is 3.10. The fourth-order valence-electron chi connectivity index (χ4n) is 3.06. The number of carbonyl (C=O) groups is 2. The Morgan fingerprint density at radius 1 is 1.33 bits per heavy atom. The molecule has 2 heterocycles. The third-order valence-corrected chi connectivity index (χ3v) is 4.41. The molecule has 3 rings (SSSR count). The molecule has 2 amide bonds. The molecule has 24 heavy (non-hydrogen) atoms. The van der Waals surface area contributed by atoms with Crippen molar-refractivity contribution in [2.45, 2.75) is 38.3 Å². The fraction of sp³-hybridized carbons (Fsp3) is 0.500. The molecule has 1 fully saturated rings. The maximum absolute atomic E-state index is 12.9. The van der Waals surface area contributed by atoms with E-state index < -0.39 is 0 Å². The van der Waals surface area contributed by atoms with Crippen molar-refractivity contribution in [1.29, 1.82) is 0 Å². The maximum Gasteiger partial charge on any atom is 0.270 e. The second-order valence-corrected chi connectivity index (χ2v) is 6.27. The lowest BCUT2D eigenvalue weighted by Crippen LogP contribution is -2.43. The van der Waals surface area contributed by atoms with Crippen LogP contribution in [0, 0.1) is 0 Å². The van der Waals surface area contributed by atoms with Gasteiger partial charge in [-0.05, 0) is 18.4 Å². The first-order valence-corrected chi connectivity index (χ1v) is 8.42. The molecule has 0 radical (unpaired) electrons. The van der Waals surface area contributed by atoms with Gasteiger partial charge in [0.05, 0.1) is 6.10 Å². The van der Waals surface area contributed by atoms with Gasteiger partial charge in [-0.2, -0.15) is 5.10 Å². The highest BCUT2D eigenvalue weighted by atomic mass is 16.5. The van der Waals surface area contributed by atoms with Crippen LogP contribution in [0.15, 0.2) is 35.4 Å². The van der Waals surface area contributed by atoms with Crippen molar-refractivity contribution in [2.75, 3.05) is 20.2 Å². The highest BCUT2D eigenvalue weighted by Gasteiger charge is 2.28. The fourth-order valence-corrected chi connectivity index (χ4v) is 3.06. The van der Waals surface area contributed by atoms with E-state index in [1.165, 1.54) is 5.01 Å². The second kappa shape index (κ2) is 7.57. The van der Waals surface area contributed by atoms with Crippen molar-refractivity contribution in [2.24, 2.45) is 5.10 Å². The molecule has 0 N–H and O–H groups in total. The molecule has 6 heteroatoms. The Labute approximate surface area is 142 Å². The van der Waals surface area contributed by atoms with E-state index in [9.17, 15) is 9.59 Å². The summed E-state index contributed by atoms with van der Waals surface area (Å²) >= 11 is 0. The molecule has 1 aromatic rings. The summed E-state index contributed by atoms with van der Waals surface area (Å²) in [5.74, 6) is -0.158. The van der Waals surface area contributed by atoms with Crippen molar-refractivity contribution >= 4 is 17.5 Å². The van der Waals surface area contributed by atoms with Crippen LogP contribution in [0.1, 0.15) is 31.2 Å². The number of rotatable bonds is 5. The third kappa shape index (κ3) is 4.00. The topological polar surface area (TPSA) is 62.2 Å². The van der Waals surface area contributed by atoms with Gasteiger partial charge in [0.2, 0.25) is 5.91 Å². The molecule has 1 aromatic carbocycles. The summed E-state index contributed by atoms with van der Waals surface area (Å²) in [5, 5.41) is 5.44. The molecule has 0 bridgehead atoms. The zero-order valence-corrected chi connectivity index (χ0v) is 14.0. The largest absolute Gasteiger partial charge is 0.376 e. The van der Waals surface area contributed by atoms with E-state index in [0.29, 0.717) is 31.6 Å². The van der Waals surface area contributed by atoms with E-state index in [1.807, 2.05) is 30.3 Å². The molecule has 0 aromatic heterocycles. The quantitative estimate of drug-likeness (QED) is 0.827. The Morgan fingerprint density at radius 3 is 2.79 bits per heavy atom. The second-order valence-electron chi connectivity index (χ2n) is 6.27. The highest BCUT2D eigenvalue weighted by Crippen LogP contribution is 2.17. The van der Waals surface area contributed by atoms with Crippen LogP contribution >= 0.6 is 0 Å². The summed E-state index contributed by atoms with van der Waals surface area (Å²) in [7, 11) is 1.59. The molecule has 0 saturated carbocycles. The zero-order chi connectivity index (χ0) is 16.9. The van der Waals surface area contributed by atoms with Crippen LogP contribution in [0.4, 0.5) is 0 Å². The van der Waals surface area contributed by atoms with E-state index in [1.54, 1.807) is 11.9 Å². The molecule has 0 unspecified atom stereocenters. The molecule has 1 saturated heterocycles. The van der Waals surface area contributed by atoms with Gasteiger partial charge >= 0.3 is 0 Å². The van der Waals surface area contributed by atoms with Crippen LogP contribution in [0.5, 0.6) is 0 Å². The lowest BCUT2D eigenvalue weighted by molar-refractivity contribution is -0.131. The molecular weight excluding hydrogens is 306 g/mol. The van der Waals surface area contributed by atoms with Gasteiger partial charge in [-0.1, -0.05) is 30.3 Å². The minimum absolute atomic E-state index is 0.0553. The lowest BCUT2D eigenvalue weighted by Gasteiger charge is -2.28. The predicted molar refractivity (Wildman–Crippen MR) is 90.3 cm³/mol. The van der Waals surface area contributed by atoms with Crippen LogP contribution in [-0.2, 0) is 20.9 Å². The van der Waals surface area contributed by atoms with E-state index in [-0.39, 0.29) is 17.9 Å². The van der Waals surface area contributed by atoms with Crippen molar-refractivity contribution in [1.82, 2.24) is 9.91 Å². The Balaban J connectivity index is 1.76. The van der Waals surface area contributed by atoms with Gasteiger partial charge in [-0.15, -0.1) is 0 Å². The van der Waals surface area contributed by atoms with Crippen molar-refractivity contribution in [3.63, 3.8) is 0 Å². The van der Waals surface area contributed by atoms with Gasteiger partial charge in [-0.25, -0.2) is 5.01 Å². The minimum atomic E-state index is -0.103. The van der Waals surface area contributed by atoms with Gasteiger partial charge in [0.15, 0.2) is 0 Å². The average molecular weight is 329 g/mol. The summed E-state index contributed by atoms with van der Waals surface area (Å²) < 4.78 is 5.70. The third-order valence-electron chi connectivity index (χ3n) is 4.41. The van der Waals surface area contributed by atoms with Crippen LogP contribution in [0.25, 0.3) is 0 Å². The van der Waals surface area contributed by atoms with Crippen LogP contribution in [0.2, 0.25) is 0 Å². The molecule has 6 nitrogen and oxygen atoms in total. The zero-order valence-electron chi connectivity index (χ0n) is 14.0. The van der Waals surface area contributed by atoms with Gasteiger partial charge in [0.25, 0.3) is 5.91 Å². The molecule has 1 atom stereocenters. The van der Waals surface area contributed by atoms with E-state index in [0.717, 1.165) is 25.0 Å². The van der Waals surface area contributed by atoms with E-state index in [2.05, 4.69) is 5.10 Å². The molecule has 128 valence electrons. The summed E-state index contributed by atoms with van der Waals surface area (Å²) in [4.78, 5) is 26.3. The van der Waals surface area contributed by atoms with Crippen molar-refractivity contribution in [3.05, 3.63) is 35.9 Å². The number of carbonyl (C=O) groups excluding carboxylic acids is 2. The van der Waals surface area contributed by atoms with Gasteiger partial charge in [-0.3, -0.25) is 9.59 Å². The Morgan fingerprint density at radius 2 is 2.12 bits per heavy atom. The predicted octanol–water partition coefficient (Wildman–Crippen LogP) is 1.80. The van der Waals surface area contributed by atoms with Crippen LogP contribution in [0.3, 0.4) is 0 Å². The Bertz CT molecular complexity index is 624. The summed E-state index contributed by atoms with van der Waals surface area (Å²) in [6.07, 6.45) is 2.83. The van der Waals surface area contributed by atoms with E-state index in [4.69, 9.17) is 4.74 Å².